The van der Waals surface area contributed by atoms with E-state index in [0.29, 0.717) is 6.61 Å². The third-order valence-electron chi connectivity index (χ3n) is 2.44. The minimum Gasteiger partial charge on any atom is -0.492 e. The first-order valence-electron chi connectivity index (χ1n) is 5.47. The van der Waals surface area contributed by atoms with Gasteiger partial charge in [-0.1, -0.05) is 24.3 Å². The summed E-state index contributed by atoms with van der Waals surface area (Å²) in [6.45, 7) is 0.645. The lowest BCUT2D eigenvalue weighted by molar-refractivity contribution is 0.320. The van der Waals surface area contributed by atoms with Crippen LogP contribution in [0.4, 0.5) is 5.69 Å². The highest BCUT2D eigenvalue weighted by Crippen LogP contribution is 2.23. The van der Waals surface area contributed by atoms with Crippen molar-refractivity contribution in [3.63, 3.8) is 0 Å². The van der Waals surface area contributed by atoms with Crippen LogP contribution in [0, 0.1) is 0 Å². The Hall–Kier alpha value is -1.48. The minimum absolute atomic E-state index is 0.645. The van der Waals surface area contributed by atoms with E-state index in [-0.39, 0.29) is 0 Å². The van der Waals surface area contributed by atoms with Crippen LogP contribution in [0.25, 0.3) is 0 Å². The van der Waals surface area contributed by atoms with Crippen molar-refractivity contribution in [3.05, 3.63) is 58.6 Å². The molecule has 0 fully saturated rings. The van der Waals surface area contributed by atoms with Crippen molar-refractivity contribution in [2.45, 2.75) is 6.42 Å². The van der Waals surface area contributed by atoms with Gasteiger partial charge in [0.15, 0.2) is 0 Å². The molecule has 88 valence electrons. The van der Waals surface area contributed by atoms with Crippen molar-refractivity contribution in [3.8, 4) is 5.75 Å². The molecule has 0 saturated carbocycles. The van der Waals surface area contributed by atoms with Crippen molar-refractivity contribution in [2.75, 3.05) is 12.3 Å². The maximum atomic E-state index is 5.72. The molecule has 0 unspecified atom stereocenters. The lowest BCUT2D eigenvalue weighted by Gasteiger charge is -2.08. The molecule has 0 aliphatic heterocycles. The molecule has 0 spiro atoms. The highest BCUT2D eigenvalue weighted by molar-refractivity contribution is 9.10. The first-order chi connectivity index (χ1) is 8.25. The SMILES string of the molecule is Nc1cccc(CCOc2ccccc2Br)c1. The molecule has 0 aromatic heterocycles. The van der Waals surface area contributed by atoms with Gasteiger partial charge >= 0.3 is 0 Å². The number of halogens is 1. The Kier molecular flexibility index (Phi) is 4.04. The highest BCUT2D eigenvalue weighted by Gasteiger charge is 1.99. The summed E-state index contributed by atoms with van der Waals surface area (Å²) >= 11 is 3.45. The van der Waals surface area contributed by atoms with Gasteiger partial charge in [-0.05, 0) is 45.8 Å². The summed E-state index contributed by atoms with van der Waals surface area (Å²) in [6.07, 6.45) is 0.854. The molecule has 2 N–H and O–H groups in total. The Labute approximate surface area is 110 Å². The molecule has 0 saturated heterocycles. The second-order valence-electron chi connectivity index (χ2n) is 3.77. The normalized spacial score (nSPS) is 10.2. The summed E-state index contributed by atoms with van der Waals surface area (Å²) in [5.74, 6) is 0.872. The predicted molar refractivity (Wildman–Crippen MR) is 74.2 cm³/mol. The summed E-state index contributed by atoms with van der Waals surface area (Å²) in [4.78, 5) is 0. The Morgan fingerprint density at radius 3 is 2.65 bits per heavy atom. The van der Waals surface area contributed by atoms with Crippen LogP contribution in [0.5, 0.6) is 5.75 Å². The van der Waals surface area contributed by atoms with Gasteiger partial charge in [0.05, 0.1) is 11.1 Å². The average molecular weight is 292 g/mol. The maximum absolute atomic E-state index is 5.72. The second-order valence-corrected chi connectivity index (χ2v) is 4.63. The summed E-state index contributed by atoms with van der Waals surface area (Å²) in [7, 11) is 0. The molecule has 17 heavy (non-hydrogen) atoms. The number of para-hydroxylation sites is 1. The van der Waals surface area contributed by atoms with Gasteiger partial charge < -0.3 is 10.5 Å². The van der Waals surface area contributed by atoms with Crippen LogP contribution in [-0.4, -0.2) is 6.61 Å². The van der Waals surface area contributed by atoms with Crippen LogP contribution >= 0.6 is 15.9 Å². The Morgan fingerprint density at radius 2 is 1.88 bits per heavy atom. The second kappa shape index (κ2) is 5.73. The molecular weight excluding hydrogens is 278 g/mol. The molecule has 2 nitrogen and oxygen atoms in total. The molecule has 2 rings (SSSR count). The van der Waals surface area contributed by atoms with Crippen molar-refractivity contribution < 1.29 is 4.74 Å². The van der Waals surface area contributed by atoms with Crippen LogP contribution in [0.3, 0.4) is 0 Å². The van der Waals surface area contributed by atoms with Gasteiger partial charge in [-0.2, -0.15) is 0 Å². The fourth-order valence-electron chi connectivity index (χ4n) is 1.59. The van der Waals surface area contributed by atoms with Gasteiger partial charge in [0.2, 0.25) is 0 Å². The molecule has 0 atom stereocenters. The minimum atomic E-state index is 0.645. The number of rotatable bonds is 4. The van der Waals surface area contributed by atoms with Gasteiger partial charge in [0.1, 0.15) is 5.75 Å². The number of ether oxygens (including phenoxy) is 1. The Bertz CT molecular complexity index is 499. The summed E-state index contributed by atoms with van der Waals surface area (Å²) in [5.41, 5.74) is 7.70. The third-order valence-corrected chi connectivity index (χ3v) is 3.09. The van der Waals surface area contributed by atoms with Crippen LogP contribution in [0.1, 0.15) is 5.56 Å². The molecule has 0 aliphatic rings. The topological polar surface area (TPSA) is 35.2 Å². The van der Waals surface area contributed by atoms with Crippen molar-refractivity contribution in [1.29, 1.82) is 0 Å². The monoisotopic (exact) mass is 291 g/mol. The summed E-state index contributed by atoms with van der Waals surface area (Å²) in [5, 5.41) is 0. The van der Waals surface area contributed by atoms with Gasteiger partial charge in [-0.15, -0.1) is 0 Å². The molecule has 0 amide bonds. The van der Waals surface area contributed by atoms with E-state index in [1.165, 1.54) is 5.56 Å². The van der Waals surface area contributed by atoms with Gasteiger partial charge in [-0.3, -0.25) is 0 Å². The zero-order valence-corrected chi connectivity index (χ0v) is 11.0. The molecule has 0 bridgehead atoms. The highest BCUT2D eigenvalue weighted by atomic mass is 79.9. The van der Waals surface area contributed by atoms with E-state index in [4.69, 9.17) is 10.5 Å². The Morgan fingerprint density at radius 1 is 1.06 bits per heavy atom. The fourth-order valence-corrected chi connectivity index (χ4v) is 1.99. The van der Waals surface area contributed by atoms with E-state index < -0.39 is 0 Å². The van der Waals surface area contributed by atoms with Crippen LogP contribution in [0.15, 0.2) is 53.0 Å². The number of nitrogens with two attached hydrogens (primary N) is 1. The molecule has 0 heterocycles. The number of hydrogen-bond donors (Lipinski definition) is 1. The van der Waals surface area contributed by atoms with Gasteiger partial charge in [-0.25, -0.2) is 0 Å². The first kappa shape index (κ1) is 12.0. The van der Waals surface area contributed by atoms with Crippen molar-refractivity contribution in [1.82, 2.24) is 0 Å². The first-order valence-corrected chi connectivity index (χ1v) is 6.27. The van der Waals surface area contributed by atoms with E-state index >= 15 is 0 Å². The number of benzene rings is 2. The van der Waals surface area contributed by atoms with E-state index in [1.54, 1.807) is 0 Å². The zero-order valence-electron chi connectivity index (χ0n) is 9.40. The molecular formula is C14H14BrNO. The predicted octanol–water partition coefficient (Wildman–Crippen LogP) is 3.65. The molecule has 2 aromatic carbocycles. The van der Waals surface area contributed by atoms with E-state index in [2.05, 4.69) is 22.0 Å². The molecule has 3 heteroatoms. The van der Waals surface area contributed by atoms with Gasteiger partial charge in [0, 0.05) is 12.1 Å². The number of anilines is 1. The molecule has 0 aliphatic carbocycles. The van der Waals surface area contributed by atoms with E-state index in [9.17, 15) is 0 Å². The standard InChI is InChI=1S/C14H14BrNO/c15-13-6-1-2-7-14(13)17-9-8-11-4-3-5-12(16)10-11/h1-7,10H,8-9,16H2. The van der Waals surface area contributed by atoms with Crippen molar-refractivity contribution in [2.24, 2.45) is 0 Å². The Balaban J connectivity index is 1.90. The maximum Gasteiger partial charge on any atom is 0.133 e. The molecule has 0 radical (unpaired) electrons. The van der Waals surface area contributed by atoms with Crippen molar-refractivity contribution >= 4 is 21.6 Å². The van der Waals surface area contributed by atoms with Gasteiger partial charge in [0.25, 0.3) is 0 Å². The summed E-state index contributed by atoms with van der Waals surface area (Å²) in [6, 6.07) is 15.7. The number of nitrogen functional groups attached to an aromatic ring is 1. The average Bonchev–Trinajstić information content (AvgIpc) is 2.32. The van der Waals surface area contributed by atoms with Crippen LogP contribution in [0.2, 0.25) is 0 Å². The number of hydrogen-bond acceptors (Lipinski definition) is 2. The fraction of sp³-hybridized carbons (Fsp3) is 0.143. The van der Waals surface area contributed by atoms with Crippen LogP contribution in [-0.2, 0) is 6.42 Å². The lowest BCUT2D eigenvalue weighted by Crippen LogP contribution is -2.02. The quantitative estimate of drug-likeness (QED) is 0.873. The lowest BCUT2D eigenvalue weighted by atomic mass is 10.1. The smallest absolute Gasteiger partial charge is 0.133 e. The zero-order chi connectivity index (χ0) is 12.1. The van der Waals surface area contributed by atoms with E-state index in [1.807, 2.05) is 42.5 Å². The van der Waals surface area contributed by atoms with Crippen LogP contribution < -0.4 is 10.5 Å². The molecule has 2 aromatic rings. The summed E-state index contributed by atoms with van der Waals surface area (Å²) < 4.78 is 6.67. The largest absolute Gasteiger partial charge is 0.492 e. The third kappa shape index (κ3) is 3.49. The van der Waals surface area contributed by atoms with E-state index in [0.717, 1.165) is 22.3 Å².